The zero-order valence-electron chi connectivity index (χ0n) is 11.8. The summed E-state index contributed by atoms with van der Waals surface area (Å²) >= 11 is 5.93. The van der Waals surface area contributed by atoms with Crippen LogP contribution in [0.5, 0.6) is 5.75 Å². The van der Waals surface area contributed by atoms with Crippen molar-refractivity contribution in [3.63, 3.8) is 0 Å². The first kappa shape index (κ1) is 16.5. The number of nitrogens with zero attached hydrogens (tertiary/aromatic N) is 2. The number of anilines is 1. The maximum absolute atomic E-state index is 12.5. The maximum Gasteiger partial charge on any atom is 0.387 e. The van der Waals surface area contributed by atoms with E-state index in [2.05, 4.69) is 15.2 Å². The molecule has 0 spiro atoms. The van der Waals surface area contributed by atoms with Crippen molar-refractivity contribution in [1.29, 1.82) is 0 Å². The first-order valence-corrected chi connectivity index (χ1v) is 7.01. The predicted molar refractivity (Wildman–Crippen MR) is 79.4 cm³/mol. The topological polar surface area (TPSA) is 59.3 Å². The third kappa shape index (κ3) is 4.32. The van der Waals surface area contributed by atoms with Crippen LogP contribution in [0.15, 0.2) is 30.6 Å². The molecule has 1 aromatic carbocycles. The van der Waals surface area contributed by atoms with Gasteiger partial charge in [0.15, 0.2) is 0 Å². The van der Waals surface area contributed by atoms with Crippen LogP contribution < -0.4 is 10.1 Å². The maximum atomic E-state index is 12.5. The molecule has 0 aliphatic carbocycles. The largest absolute Gasteiger partial charge is 0.434 e. The minimum Gasteiger partial charge on any atom is -0.434 e. The number of hydrogen-bond acceptors (Lipinski definition) is 4. The van der Waals surface area contributed by atoms with Crippen LogP contribution in [0.3, 0.4) is 0 Å². The van der Waals surface area contributed by atoms with Gasteiger partial charge in [0.25, 0.3) is 0 Å². The minimum absolute atomic E-state index is 0.0165. The van der Waals surface area contributed by atoms with Gasteiger partial charge in [-0.1, -0.05) is 11.6 Å². The predicted octanol–water partition coefficient (Wildman–Crippen LogP) is 3.30. The van der Waals surface area contributed by atoms with Crippen LogP contribution in [0.25, 0.3) is 0 Å². The van der Waals surface area contributed by atoms with Gasteiger partial charge >= 0.3 is 6.61 Å². The molecule has 1 unspecified atom stereocenters. The number of halogens is 3. The fourth-order valence-electron chi connectivity index (χ4n) is 2.05. The van der Waals surface area contributed by atoms with Gasteiger partial charge in [0.2, 0.25) is 0 Å². The number of aromatic nitrogens is 2. The Balaban J connectivity index is 2.16. The van der Waals surface area contributed by atoms with E-state index in [0.717, 1.165) is 0 Å². The Bertz CT molecular complexity index is 622. The fraction of sp³-hybridized carbons (Fsp3) is 0.357. The average Bonchev–Trinajstić information content (AvgIpc) is 2.88. The van der Waals surface area contributed by atoms with Gasteiger partial charge in [-0.25, -0.2) is 0 Å². The Morgan fingerprint density at radius 2 is 2.23 bits per heavy atom. The summed E-state index contributed by atoms with van der Waals surface area (Å²) in [5, 5.41) is 16.5. The van der Waals surface area contributed by atoms with Crippen molar-refractivity contribution in [2.45, 2.75) is 26.1 Å². The van der Waals surface area contributed by atoms with Crippen LogP contribution in [0.1, 0.15) is 18.5 Å². The van der Waals surface area contributed by atoms with E-state index in [9.17, 15) is 8.78 Å². The molecule has 1 aromatic heterocycles. The highest BCUT2D eigenvalue weighted by Crippen LogP contribution is 2.31. The van der Waals surface area contributed by atoms with Gasteiger partial charge in [0.05, 0.1) is 31.1 Å². The molecule has 0 aliphatic heterocycles. The van der Waals surface area contributed by atoms with Gasteiger partial charge < -0.3 is 15.2 Å². The normalized spacial score (nSPS) is 12.5. The van der Waals surface area contributed by atoms with Crippen LogP contribution in [-0.4, -0.2) is 28.1 Å². The second-order valence-corrected chi connectivity index (χ2v) is 5.08. The Hall–Kier alpha value is -1.86. The van der Waals surface area contributed by atoms with Gasteiger partial charge in [0.1, 0.15) is 5.75 Å². The van der Waals surface area contributed by atoms with E-state index in [1.807, 2.05) is 0 Å². The van der Waals surface area contributed by atoms with E-state index in [4.69, 9.17) is 16.7 Å². The Morgan fingerprint density at radius 1 is 1.45 bits per heavy atom. The molecule has 2 rings (SSSR count). The highest BCUT2D eigenvalue weighted by Gasteiger charge is 2.16. The van der Waals surface area contributed by atoms with E-state index >= 15 is 0 Å². The molecular formula is C14H16ClF2N3O2. The van der Waals surface area contributed by atoms with Gasteiger partial charge in [-0.05, 0) is 25.1 Å². The molecule has 2 N–H and O–H groups in total. The van der Waals surface area contributed by atoms with E-state index < -0.39 is 6.61 Å². The number of aliphatic hydroxyl groups is 1. The number of alkyl halides is 2. The van der Waals surface area contributed by atoms with Crippen molar-refractivity contribution in [3.05, 3.63) is 41.2 Å². The molecule has 0 aliphatic rings. The number of benzene rings is 1. The first-order chi connectivity index (χ1) is 10.5. The minimum atomic E-state index is -2.90. The Labute approximate surface area is 131 Å². The number of rotatable bonds is 7. The zero-order chi connectivity index (χ0) is 16.1. The van der Waals surface area contributed by atoms with Crippen LogP contribution in [0, 0.1) is 0 Å². The molecule has 1 atom stereocenters. The molecule has 0 fully saturated rings. The molecule has 2 aromatic rings. The van der Waals surface area contributed by atoms with Crippen molar-refractivity contribution >= 4 is 17.3 Å². The first-order valence-electron chi connectivity index (χ1n) is 6.63. The third-order valence-corrected chi connectivity index (χ3v) is 3.24. The van der Waals surface area contributed by atoms with Gasteiger partial charge in [0, 0.05) is 16.8 Å². The summed E-state index contributed by atoms with van der Waals surface area (Å²) in [5.41, 5.74) is 1.21. The quantitative estimate of drug-likeness (QED) is 0.817. The van der Waals surface area contributed by atoms with Gasteiger partial charge in [-0.3, -0.25) is 4.68 Å². The molecule has 1 heterocycles. The monoisotopic (exact) mass is 331 g/mol. The van der Waals surface area contributed by atoms with Gasteiger partial charge in [-0.15, -0.1) is 0 Å². The number of hydrogen-bond donors (Lipinski definition) is 2. The van der Waals surface area contributed by atoms with E-state index in [-0.39, 0.29) is 18.4 Å². The van der Waals surface area contributed by atoms with Crippen molar-refractivity contribution < 1.29 is 18.6 Å². The summed E-state index contributed by atoms with van der Waals surface area (Å²) in [4.78, 5) is 0. The SMILES string of the molecule is CC(Nc1cnn(CCO)c1)c1cc(Cl)ccc1OC(F)F. The fourth-order valence-corrected chi connectivity index (χ4v) is 2.23. The highest BCUT2D eigenvalue weighted by atomic mass is 35.5. The molecule has 0 saturated heterocycles. The summed E-state index contributed by atoms with van der Waals surface area (Å²) in [6, 6.07) is 4.17. The van der Waals surface area contributed by atoms with Crippen molar-refractivity contribution in [3.8, 4) is 5.75 Å². The molecular weight excluding hydrogens is 316 g/mol. The molecule has 0 amide bonds. The summed E-state index contributed by atoms with van der Waals surface area (Å²) in [6.07, 6.45) is 3.30. The van der Waals surface area contributed by atoms with E-state index in [0.29, 0.717) is 22.8 Å². The number of nitrogens with one attached hydrogen (secondary N) is 1. The molecule has 22 heavy (non-hydrogen) atoms. The second kappa shape index (κ2) is 7.42. The standard InChI is InChI=1S/C14H16ClF2N3O2/c1-9(19-11-7-18-20(8-11)4-5-21)12-6-10(15)2-3-13(12)22-14(16)17/h2-3,6-9,14,19,21H,4-5H2,1H3. The Morgan fingerprint density at radius 3 is 2.91 bits per heavy atom. The van der Waals surface area contributed by atoms with E-state index in [1.165, 1.54) is 12.1 Å². The van der Waals surface area contributed by atoms with Crippen LogP contribution in [0.2, 0.25) is 5.02 Å². The lowest BCUT2D eigenvalue weighted by Crippen LogP contribution is -2.11. The van der Waals surface area contributed by atoms with Crippen LogP contribution >= 0.6 is 11.6 Å². The van der Waals surface area contributed by atoms with Crippen molar-refractivity contribution in [1.82, 2.24) is 9.78 Å². The molecule has 8 heteroatoms. The third-order valence-electron chi connectivity index (χ3n) is 3.00. The highest BCUT2D eigenvalue weighted by molar-refractivity contribution is 6.30. The molecule has 5 nitrogen and oxygen atoms in total. The lowest BCUT2D eigenvalue weighted by atomic mass is 10.1. The van der Waals surface area contributed by atoms with Crippen LogP contribution in [0.4, 0.5) is 14.5 Å². The zero-order valence-corrected chi connectivity index (χ0v) is 12.6. The molecule has 0 bridgehead atoms. The number of aliphatic hydroxyl groups excluding tert-OH is 1. The summed E-state index contributed by atoms with van der Waals surface area (Å²) in [6.45, 7) is -0.739. The lowest BCUT2D eigenvalue weighted by Gasteiger charge is -2.18. The summed E-state index contributed by atoms with van der Waals surface area (Å²) in [5.74, 6) is 0.0714. The summed E-state index contributed by atoms with van der Waals surface area (Å²) in [7, 11) is 0. The molecule has 0 radical (unpaired) electrons. The average molecular weight is 332 g/mol. The van der Waals surface area contributed by atoms with Crippen molar-refractivity contribution in [2.24, 2.45) is 0 Å². The van der Waals surface area contributed by atoms with Gasteiger partial charge in [-0.2, -0.15) is 13.9 Å². The molecule has 120 valence electrons. The molecule has 0 saturated carbocycles. The van der Waals surface area contributed by atoms with Crippen molar-refractivity contribution in [2.75, 3.05) is 11.9 Å². The smallest absolute Gasteiger partial charge is 0.387 e. The van der Waals surface area contributed by atoms with Crippen LogP contribution in [-0.2, 0) is 6.54 Å². The summed E-state index contributed by atoms with van der Waals surface area (Å²) < 4.78 is 31.0. The lowest BCUT2D eigenvalue weighted by molar-refractivity contribution is -0.0505. The number of ether oxygens (including phenoxy) is 1. The Kier molecular flexibility index (Phi) is 5.57. The van der Waals surface area contributed by atoms with E-state index in [1.54, 1.807) is 30.1 Å². The second-order valence-electron chi connectivity index (χ2n) is 4.64.